The summed E-state index contributed by atoms with van der Waals surface area (Å²) in [6.45, 7) is 9.32. The van der Waals surface area contributed by atoms with Crippen molar-refractivity contribution in [2.24, 2.45) is 0 Å². The number of halogens is 1. The maximum absolute atomic E-state index is 12.7. The van der Waals surface area contributed by atoms with Crippen LogP contribution in [0.3, 0.4) is 0 Å². The van der Waals surface area contributed by atoms with E-state index in [0.717, 1.165) is 6.54 Å². The van der Waals surface area contributed by atoms with Crippen molar-refractivity contribution in [1.82, 2.24) is 4.90 Å². The molecule has 1 saturated heterocycles. The molecule has 0 saturated carbocycles. The molecule has 0 bridgehead atoms. The third-order valence-corrected chi connectivity index (χ3v) is 1.73. The van der Waals surface area contributed by atoms with Gasteiger partial charge in [-0.25, -0.2) is 4.39 Å². The van der Waals surface area contributed by atoms with Crippen LogP contribution in [0, 0.1) is 31.1 Å². The molecule has 0 radical (unpaired) electrons. The molecule has 0 aromatic heterocycles. The fourth-order valence-corrected chi connectivity index (χ4v) is 1.17. The first-order valence-electron chi connectivity index (χ1n) is 5.15. The Hall–Kier alpha value is 0.902. The summed E-state index contributed by atoms with van der Waals surface area (Å²) in [5.41, 5.74) is 0. The summed E-state index contributed by atoms with van der Waals surface area (Å²) < 4.78 is 12.7. The van der Waals surface area contributed by atoms with E-state index in [-0.39, 0.29) is 37.2 Å². The van der Waals surface area contributed by atoms with E-state index in [4.69, 9.17) is 0 Å². The van der Waals surface area contributed by atoms with E-state index in [9.17, 15) is 4.39 Å². The van der Waals surface area contributed by atoms with Gasteiger partial charge in [-0.2, -0.15) is 7.05 Å². The third-order valence-electron chi connectivity index (χ3n) is 1.73. The van der Waals surface area contributed by atoms with Crippen LogP contribution in [0.4, 0.5) is 4.39 Å². The molecule has 1 heterocycles. The smallest absolute Gasteiger partial charge is 0.0981 e. The Kier molecular flexibility index (Phi) is 20.2. The number of alkyl halides is 1. The average molecular weight is 429 g/mol. The van der Waals surface area contributed by atoms with E-state index in [2.05, 4.69) is 5.32 Å². The number of likely N-dealkylation sites (N-methyl/N-ethyl adjacent to an activating group) is 2. The van der Waals surface area contributed by atoms with Crippen LogP contribution in [-0.4, -0.2) is 44.3 Å². The number of likely N-dealkylation sites (tertiary alicyclic amines) is 1. The molecule has 2 nitrogen and oxygen atoms in total. The molecule has 1 fully saturated rings. The Balaban J connectivity index is -0.000000216. The molecule has 0 spiro atoms. The molecule has 2 unspecified atom stereocenters. The van der Waals surface area contributed by atoms with E-state index in [1.807, 2.05) is 39.6 Å². The quantitative estimate of drug-likeness (QED) is 0.627. The Morgan fingerprint density at radius 3 is 1.71 bits per heavy atom. The van der Waals surface area contributed by atoms with Crippen molar-refractivity contribution in [1.29, 1.82) is 0 Å². The van der Waals surface area contributed by atoms with E-state index >= 15 is 0 Å². The third kappa shape index (κ3) is 8.23. The zero-order chi connectivity index (χ0) is 10.9. The van der Waals surface area contributed by atoms with Crippen molar-refractivity contribution in [3.63, 3.8) is 0 Å². The van der Waals surface area contributed by atoms with E-state index in [1.54, 1.807) is 7.05 Å². The SMILES string of the molecule is CC.CC.C[N-]C1CN(C)CC1F.[U]. The minimum atomic E-state index is -0.736. The average Bonchev–Trinajstić information content (AvgIpc) is 2.51. The van der Waals surface area contributed by atoms with Gasteiger partial charge < -0.3 is 10.2 Å². The standard InChI is InChI=1S/C6H12FN2.2C2H6.U/c1-8-6-4-9(2)3-5(6)7;2*1-2;/h5-6H,3-4H2,1-2H3;2*1-2H3;/q-1;;;. The zero-order valence-electron chi connectivity index (χ0n) is 10.3. The molecule has 1 rings (SSSR count). The van der Waals surface area contributed by atoms with Gasteiger partial charge in [0.25, 0.3) is 0 Å². The molecule has 0 aliphatic carbocycles. The van der Waals surface area contributed by atoms with Crippen molar-refractivity contribution in [3.8, 4) is 0 Å². The van der Waals surface area contributed by atoms with Crippen molar-refractivity contribution in [2.75, 3.05) is 27.2 Å². The van der Waals surface area contributed by atoms with Crippen LogP contribution in [-0.2, 0) is 0 Å². The van der Waals surface area contributed by atoms with Gasteiger partial charge in [0.1, 0.15) is 0 Å². The van der Waals surface area contributed by atoms with Gasteiger partial charge in [-0.1, -0.05) is 33.7 Å². The van der Waals surface area contributed by atoms with Gasteiger partial charge in [0.15, 0.2) is 0 Å². The van der Waals surface area contributed by atoms with Crippen LogP contribution in [0.15, 0.2) is 0 Å². The maximum Gasteiger partial charge on any atom is 0.0981 e. The predicted octanol–water partition coefficient (Wildman–Crippen LogP) is 2.69. The first-order valence-corrected chi connectivity index (χ1v) is 5.15. The van der Waals surface area contributed by atoms with Gasteiger partial charge in [-0.05, 0) is 13.6 Å². The monoisotopic (exact) mass is 429 g/mol. The number of hydrogen-bond donors (Lipinski definition) is 0. The van der Waals surface area contributed by atoms with Gasteiger partial charge in [0.05, 0.1) is 6.17 Å². The molecule has 0 aromatic rings. The maximum atomic E-state index is 12.7. The van der Waals surface area contributed by atoms with Gasteiger partial charge in [-0.15, -0.1) is 0 Å². The number of nitrogens with zero attached hydrogens (tertiary/aromatic N) is 2. The van der Waals surface area contributed by atoms with E-state index in [1.165, 1.54) is 0 Å². The topological polar surface area (TPSA) is 17.3 Å². The van der Waals surface area contributed by atoms with E-state index in [0.29, 0.717) is 6.54 Å². The van der Waals surface area contributed by atoms with Crippen molar-refractivity contribution < 1.29 is 35.5 Å². The van der Waals surface area contributed by atoms with E-state index < -0.39 is 6.17 Å². The molecule has 1 aliphatic heterocycles. The Labute approximate surface area is 112 Å². The summed E-state index contributed by atoms with van der Waals surface area (Å²) in [5, 5.41) is 3.90. The second-order valence-corrected chi connectivity index (χ2v) is 2.56. The number of rotatable bonds is 1. The van der Waals surface area contributed by atoms with Crippen molar-refractivity contribution in [3.05, 3.63) is 5.32 Å². The molecular formula is C10H24FN2U-. The molecule has 0 aromatic carbocycles. The minimum absolute atomic E-state index is 0. The predicted molar refractivity (Wildman–Crippen MR) is 58.2 cm³/mol. The first-order chi connectivity index (χ1) is 6.24. The largest absolute Gasteiger partial charge is 0.659 e. The van der Waals surface area contributed by atoms with Gasteiger partial charge in [0, 0.05) is 37.7 Å². The molecule has 4 heteroatoms. The second-order valence-electron chi connectivity index (χ2n) is 2.56. The summed E-state index contributed by atoms with van der Waals surface area (Å²) in [6, 6.07) is -0.0741. The molecule has 0 N–H and O–H groups in total. The van der Waals surface area contributed by atoms with Crippen molar-refractivity contribution in [2.45, 2.75) is 39.9 Å². The first kappa shape index (κ1) is 20.3. The molecule has 2 atom stereocenters. The van der Waals surface area contributed by atoms with Crippen LogP contribution in [0.25, 0.3) is 5.32 Å². The molecular weight excluding hydrogens is 405 g/mol. The summed E-state index contributed by atoms with van der Waals surface area (Å²) >= 11 is 0. The molecule has 14 heavy (non-hydrogen) atoms. The minimum Gasteiger partial charge on any atom is -0.659 e. The summed E-state index contributed by atoms with van der Waals surface area (Å²) in [5.74, 6) is 0. The van der Waals surface area contributed by atoms with Gasteiger partial charge in [0.2, 0.25) is 0 Å². The second kappa shape index (κ2) is 13.9. The zero-order valence-corrected chi connectivity index (χ0v) is 14.5. The van der Waals surface area contributed by atoms with Crippen LogP contribution in [0.2, 0.25) is 0 Å². The summed E-state index contributed by atoms with van der Waals surface area (Å²) in [7, 11) is 3.59. The Morgan fingerprint density at radius 2 is 1.57 bits per heavy atom. The summed E-state index contributed by atoms with van der Waals surface area (Å²) in [4.78, 5) is 1.96. The normalized spacial score (nSPS) is 25.1. The molecule has 86 valence electrons. The van der Waals surface area contributed by atoms with Gasteiger partial charge >= 0.3 is 0 Å². The Bertz CT molecular complexity index is 104. The van der Waals surface area contributed by atoms with Crippen molar-refractivity contribution >= 4 is 0 Å². The van der Waals surface area contributed by atoms with Gasteiger partial charge in [-0.3, -0.25) is 0 Å². The van der Waals surface area contributed by atoms with Crippen LogP contribution < -0.4 is 0 Å². The van der Waals surface area contributed by atoms with Crippen LogP contribution in [0.5, 0.6) is 0 Å². The molecule has 0 amide bonds. The number of hydrogen-bond acceptors (Lipinski definition) is 1. The van der Waals surface area contributed by atoms with Crippen LogP contribution in [0.1, 0.15) is 27.7 Å². The fourth-order valence-electron chi connectivity index (χ4n) is 1.17. The fraction of sp³-hybridized carbons (Fsp3) is 1.00. The summed E-state index contributed by atoms with van der Waals surface area (Å²) in [6.07, 6.45) is -0.736. The Morgan fingerprint density at radius 1 is 1.14 bits per heavy atom. The van der Waals surface area contributed by atoms with Crippen LogP contribution >= 0.6 is 0 Å². The molecule has 1 aliphatic rings.